The molecule has 108 valence electrons. The molecule has 0 aliphatic rings. The minimum atomic E-state index is -0.377. The van der Waals surface area contributed by atoms with Crippen LogP contribution in [0.4, 0.5) is 0 Å². The third-order valence-electron chi connectivity index (χ3n) is 2.72. The summed E-state index contributed by atoms with van der Waals surface area (Å²) in [5.41, 5.74) is 0.575. The molecule has 1 aromatic rings. The van der Waals surface area contributed by atoms with Gasteiger partial charge in [0, 0.05) is 29.3 Å². The average molecular weight is 341 g/mol. The van der Waals surface area contributed by atoms with E-state index in [1.807, 2.05) is 6.07 Å². The van der Waals surface area contributed by atoms with Crippen LogP contribution >= 0.6 is 15.9 Å². The van der Waals surface area contributed by atoms with Crippen molar-refractivity contribution in [1.82, 2.24) is 0 Å². The van der Waals surface area contributed by atoms with E-state index >= 15 is 0 Å². The van der Waals surface area contributed by atoms with Gasteiger partial charge in [0.05, 0.1) is 13.0 Å². The summed E-state index contributed by atoms with van der Waals surface area (Å²) >= 11 is 3.30. The summed E-state index contributed by atoms with van der Waals surface area (Å²) in [7, 11) is 0. The molecule has 0 fully saturated rings. The zero-order valence-electron chi connectivity index (χ0n) is 11.4. The van der Waals surface area contributed by atoms with Crippen LogP contribution in [0.15, 0.2) is 28.7 Å². The molecule has 0 radical (unpaired) electrons. The maximum absolute atomic E-state index is 11.9. The van der Waals surface area contributed by atoms with Gasteiger partial charge in [-0.3, -0.25) is 14.4 Å². The minimum absolute atomic E-state index is 0.0793. The van der Waals surface area contributed by atoms with E-state index in [9.17, 15) is 14.4 Å². The predicted molar refractivity (Wildman–Crippen MR) is 78.6 cm³/mol. The number of hydrogen-bond acceptors (Lipinski definition) is 4. The molecule has 0 saturated heterocycles. The summed E-state index contributed by atoms with van der Waals surface area (Å²) in [6.07, 6.45) is 0.516. The van der Waals surface area contributed by atoms with Gasteiger partial charge in [0.1, 0.15) is 5.78 Å². The van der Waals surface area contributed by atoms with Crippen LogP contribution in [-0.2, 0) is 14.3 Å². The molecule has 0 N–H and O–H groups in total. The van der Waals surface area contributed by atoms with Gasteiger partial charge in [-0.25, -0.2) is 0 Å². The first-order chi connectivity index (χ1) is 9.54. The summed E-state index contributed by atoms with van der Waals surface area (Å²) in [6.45, 7) is 2.03. The summed E-state index contributed by atoms with van der Waals surface area (Å²) in [5.74, 6) is -0.557. The van der Waals surface area contributed by atoms with E-state index in [2.05, 4.69) is 15.9 Å². The Morgan fingerprint density at radius 3 is 2.35 bits per heavy atom. The van der Waals surface area contributed by atoms with Crippen LogP contribution in [0.3, 0.4) is 0 Å². The SMILES string of the molecule is CCOC(=O)CCC(=O)CCC(=O)c1ccccc1Br. The quantitative estimate of drug-likeness (QED) is 0.538. The number of hydrogen-bond donors (Lipinski definition) is 0. The molecule has 1 rings (SSSR count). The molecule has 4 nitrogen and oxygen atoms in total. The molecule has 0 aliphatic carbocycles. The van der Waals surface area contributed by atoms with Gasteiger partial charge in [0.25, 0.3) is 0 Å². The monoisotopic (exact) mass is 340 g/mol. The highest BCUT2D eigenvalue weighted by molar-refractivity contribution is 9.10. The topological polar surface area (TPSA) is 60.4 Å². The summed E-state index contributed by atoms with van der Waals surface area (Å²) in [5, 5.41) is 0. The Balaban J connectivity index is 2.36. The summed E-state index contributed by atoms with van der Waals surface area (Å²) < 4.78 is 5.46. The van der Waals surface area contributed by atoms with E-state index in [0.717, 1.165) is 4.47 Å². The molecule has 0 heterocycles. The highest BCUT2D eigenvalue weighted by Gasteiger charge is 2.13. The number of carbonyl (C=O) groups is 3. The predicted octanol–water partition coefficient (Wildman–Crippen LogP) is 3.32. The van der Waals surface area contributed by atoms with Gasteiger partial charge < -0.3 is 4.74 Å². The van der Waals surface area contributed by atoms with E-state index in [-0.39, 0.29) is 43.2 Å². The van der Waals surface area contributed by atoms with Crippen LogP contribution in [0.1, 0.15) is 43.0 Å². The van der Waals surface area contributed by atoms with Crippen LogP contribution in [0, 0.1) is 0 Å². The number of ketones is 2. The lowest BCUT2D eigenvalue weighted by atomic mass is 10.0. The van der Waals surface area contributed by atoms with Crippen LogP contribution in [-0.4, -0.2) is 24.1 Å². The number of Topliss-reactive ketones (excluding diaryl/α,β-unsaturated/α-hetero) is 2. The molecule has 0 aromatic heterocycles. The van der Waals surface area contributed by atoms with Gasteiger partial charge in [-0.05, 0) is 13.0 Å². The van der Waals surface area contributed by atoms with Gasteiger partial charge in [0.2, 0.25) is 0 Å². The Bertz CT molecular complexity index is 496. The van der Waals surface area contributed by atoms with Crippen molar-refractivity contribution in [1.29, 1.82) is 0 Å². The Hall–Kier alpha value is -1.49. The first-order valence-electron chi connectivity index (χ1n) is 6.49. The van der Waals surface area contributed by atoms with Gasteiger partial charge in [-0.2, -0.15) is 0 Å². The van der Waals surface area contributed by atoms with E-state index in [4.69, 9.17) is 4.74 Å². The highest BCUT2D eigenvalue weighted by Crippen LogP contribution is 2.18. The Labute approximate surface area is 126 Å². The van der Waals surface area contributed by atoms with Crippen LogP contribution in [0.5, 0.6) is 0 Å². The van der Waals surface area contributed by atoms with Crippen molar-refractivity contribution in [3.05, 3.63) is 34.3 Å². The second kappa shape index (κ2) is 8.64. The summed E-state index contributed by atoms with van der Waals surface area (Å²) in [6, 6.07) is 7.11. The molecule has 0 saturated carbocycles. The Morgan fingerprint density at radius 1 is 1.05 bits per heavy atom. The molecule has 0 bridgehead atoms. The number of esters is 1. The lowest BCUT2D eigenvalue weighted by molar-refractivity contribution is -0.144. The zero-order valence-corrected chi connectivity index (χ0v) is 12.9. The van der Waals surface area contributed by atoms with Crippen molar-refractivity contribution in [3.8, 4) is 0 Å². The molecule has 20 heavy (non-hydrogen) atoms. The number of ether oxygens (including phenoxy) is 1. The number of benzene rings is 1. The van der Waals surface area contributed by atoms with Crippen LogP contribution in [0.2, 0.25) is 0 Å². The smallest absolute Gasteiger partial charge is 0.306 e. The molecular weight excluding hydrogens is 324 g/mol. The van der Waals surface area contributed by atoms with Crippen molar-refractivity contribution in [2.45, 2.75) is 32.6 Å². The Kier molecular flexibility index (Phi) is 7.15. The number of rotatable bonds is 8. The minimum Gasteiger partial charge on any atom is -0.466 e. The number of halogens is 1. The average Bonchev–Trinajstić information content (AvgIpc) is 2.43. The lowest BCUT2D eigenvalue weighted by Gasteiger charge is -2.04. The second-order valence-corrected chi connectivity index (χ2v) is 5.10. The molecule has 0 spiro atoms. The van der Waals surface area contributed by atoms with E-state index in [1.165, 1.54) is 0 Å². The molecule has 0 atom stereocenters. The second-order valence-electron chi connectivity index (χ2n) is 4.25. The first-order valence-corrected chi connectivity index (χ1v) is 7.29. The largest absolute Gasteiger partial charge is 0.466 e. The maximum atomic E-state index is 11.9. The Morgan fingerprint density at radius 2 is 1.70 bits per heavy atom. The fourth-order valence-corrected chi connectivity index (χ4v) is 2.18. The van der Waals surface area contributed by atoms with Crippen molar-refractivity contribution in [2.24, 2.45) is 0 Å². The maximum Gasteiger partial charge on any atom is 0.306 e. The summed E-state index contributed by atoms with van der Waals surface area (Å²) in [4.78, 5) is 34.6. The third kappa shape index (κ3) is 5.65. The highest BCUT2D eigenvalue weighted by atomic mass is 79.9. The fraction of sp³-hybridized carbons (Fsp3) is 0.400. The van der Waals surface area contributed by atoms with Crippen LogP contribution in [0.25, 0.3) is 0 Å². The molecule has 0 aliphatic heterocycles. The molecule has 1 aromatic carbocycles. The van der Waals surface area contributed by atoms with Crippen molar-refractivity contribution in [3.63, 3.8) is 0 Å². The normalized spacial score (nSPS) is 10.1. The molecule has 5 heteroatoms. The van der Waals surface area contributed by atoms with Gasteiger partial charge in [-0.15, -0.1) is 0 Å². The third-order valence-corrected chi connectivity index (χ3v) is 3.41. The van der Waals surface area contributed by atoms with E-state index in [0.29, 0.717) is 12.2 Å². The fourth-order valence-electron chi connectivity index (χ4n) is 1.67. The van der Waals surface area contributed by atoms with E-state index < -0.39 is 0 Å². The van der Waals surface area contributed by atoms with Crippen molar-refractivity contribution in [2.75, 3.05) is 6.61 Å². The molecule has 0 unspecified atom stereocenters. The first kappa shape index (κ1) is 16.6. The number of carbonyl (C=O) groups excluding carboxylic acids is 3. The lowest BCUT2D eigenvalue weighted by Crippen LogP contribution is -2.09. The van der Waals surface area contributed by atoms with Gasteiger partial charge >= 0.3 is 5.97 Å². The van der Waals surface area contributed by atoms with Gasteiger partial charge in [-0.1, -0.05) is 34.1 Å². The molecule has 0 amide bonds. The zero-order chi connectivity index (χ0) is 15.0. The van der Waals surface area contributed by atoms with Crippen LogP contribution < -0.4 is 0 Å². The van der Waals surface area contributed by atoms with E-state index in [1.54, 1.807) is 25.1 Å². The van der Waals surface area contributed by atoms with Crippen molar-refractivity contribution < 1.29 is 19.1 Å². The standard InChI is InChI=1S/C15H17BrO4/c1-2-20-15(19)10-8-11(17)7-9-14(18)12-5-3-4-6-13(12)16/h3-6H,2,7-10H2,1H3. The van der Waals surface area contributed by atoms with Crippen molar-refractivity contribution >= 4 is 33.5 Å². The van der Waals surface area contributed by atoms with Gasteiger partial charge in [0.15, 0.2) is 5.78 Å². The molecular formula is C15H17BrO4.